The molecule has 8 nitrogen and oxygen atoms in total. The first-order valence-corrected chi connectivity index (χ1v) is 11.0. The van der Waals surface area contributed by atoms with Gasteiger partial charge in [-0.05, 0) is 74.0 Å². The molecule has 2 amide bonds. The lowest BCUT2D eigenvalue weighted by atomic mass is 10.1. The molecule has 0 spiro atoms. The Morgan fingerprint density at radius 2 is 1.49 bits per heavy atom. The van der Waals surface area contributed by atoms with Gasteiger partial charge >= 0.3 is 5.97 Å². The van der Waals surface area contributed by atoms with E-state index in [9.17, 15) is 14.4 Å². The Kier molecular flexibility index (Phi) is 8.61. The SMILES string of the molecule is CCOc1ccc(/C=C(/NC(=O)c2ccccc2)C(=O)Nc2ccc(C(=O)O)cc2)cc1OCC. The third-order valence-corrected chi connectivity index (χ3v) is 4.80. The Bertz CT molecular complexity index is 1220. The number of carboxylic acids is 1. The van der Waals surface area contributed by atoms with Crippen LogP contribution in [-0.4, -0.2) is 36.1 Å². The van der Waals surface area contributed by atoms with Gasteiger partial charge in [-0.25, -0.2) is 4.79 Å². The molecular weight excluding hydrogens is 448 g/mol. The maximum absolute atomic E-state index is 13.1. The van der Waals surface area contributed by atoms with Crippen LogP contribution >= 0.6 is 0 Å². The van der Waals surface area contributed by atoms with Gasteiger partial charge in [0.05, 0.1) is 18.8 Å². The van der Waals surface area contributed by atoms with Gasteiger partial charge in [-0.15, -0.1) is 0 Å². The van der Waals surface area contributed by atoms with Crippen molar-refractivity contribution in [2.45, 2.75) is 13.8 Å². The summed E-state index contributed by atoms with van der Waals surface area (Å²) in [7, 11) is 0. The number of hydrogen-bond acceptors (Lipinski definition) is 5. The Labute approximate surface area is 203 Å². The summed E-state index contributed by atoms with van der Waals surface area (Å²) in [5, 5.41) is 14.4. The standard InChI is InChI=1S/C27H26N2O6/c1-3-34-23-15-10-18(17-24(23)35-4-2)16-22(29-25(30)19-8-6-5-7-9-19)26(31)28-21-13-11-20(12-14-21)27(32)33/h5-17H,3-4H2,1-2H3,(H,28,31)(H,29,30)(H,32,33)/b22-16+. The molecule has 0 fully saturated rings. The van der Waals surface area contributed by atoms with Crippen LogP contribution in [0.4, 0.5) is 5.69 Å². The van der Waals surface area contributed by atoms with Crippen LogP contribution in [0.15, 0.2) is 78.5 Å². The Balaban J connectivity index is 1.93. The van der Waals surface area contributed by atoms with Crippen molar-refractivity contribution in [3.05, 3.63) is 95.2 Å². The Morgan fingerprint density at radius 3 is 2.11 bits per heavy atom. The van der Waals surface area contributed by atoms with Crippen molar-refractivity contribution in [3.8, 4) is 11.5 Å². The summed E-state index contributed by atoms with van der Waals surface area (Å²) in [4.78, 5) is 37.0. The van der Waals surface area contributed by atoms with E-state index in [1.54, 1.807) is 48.5 Å². The van der Waals surface area contributed by atoms with Crippen LogP contribution in [0, 0.1) is 0 Å². The molecule has 0 radical (unpaired) electrons. The molecule has 0 aliphatic carbocycles. The minimum Gasteiger partial charge on any atom is -0.490 e. The second-order valence-electron chi connectivity index (χ2n) is 7.29. The quantitative estimate of drug-likeness (QED) is 0.370. The predicted octanol–water partition coefficient (Wildman–Crippen LogP) is 4.59. The predicted molar refractivity (Wildman–Crippen MR) is 133 cm³/mol. The molecule has 3 aromatic carbocycles. The molecule has 8 heteroatoms. The summed E-state index contributed by atoms with van der Waals surface area (Å²) in [5.74, 6) is -1.02. The number of rotatable bonds is 10. The maximum Gasteiger partial charge on any atom is 0.335 e. The van der Waals surface area contributed by atoms with Gasteiger partial charge in [-0.2, -0.15) is 0 Å². The number of anilines is 1. The van der Waals surface area contributed by atoms with Crippen molar-refractivity contribution in [1.82, 2.24) is 5.32 Å². The molecule has 0 saturated carbocycles. The second kappa shape index (κ2) is 12.0. The molecule has 0 aromatic heterocycles. The van der Waals surface area contributed by atoms with Crippen molar-refractivity contribution in [2.75, 3.05) is 18.5 Å². The molecule has 0 aliphatic heterocycles. The first-order valence-electron chi connectivity index (χ1n) is 11.0. The number of nitrogens with one attached hydrogen (secondary N) is 2. The fourth-order valence-corrected chi connectivity index (χ4v) is 3.16. The van der Waals surface area contributed by atoms with E-state index in [0.29, 0.717) is 41.5 Å². The van der Waals surface area contributed by atoms with E-state index in [4.69, 9.17) is 14.6 Å². The number of carbonyl (C=O) groups is 3. The molecule has 0 unspecified atom stereocenters. The zero-order valence-electron chi connectivity index (χ0n) is 19.4. The molecule has 0 saturated heterocycles. The Hall–Kier alpha value is -4.59. The van der Waals surface area contributed by atoms with Crippen LogP contribution in [0.2, 0.25) is 0 Å². The van der Waals surface area contributed by atoms with Crippen molar-refractivity contribution in [3.63, 3.8) is 0 Å². The van der Waals surface area contributed by atoms with Crippen molar-refractivity contribution >= 4 is 29.5 Å². The average molecular weight is 475 g/mol. The van der Waals surface area contributed by atoms with E-state index < -0.39 is 17.8 Å². The van der Waals surface area contributed by atoms with Gasteiger partial charge in [-0.1, -0.05) is 24.3 Å². The van der Waals surface area contributed by atoms with Crippen molar-refractivity contribution in [2.24, 2.45) is 0 Å². The zero-order chi connectivity index (χ0) is 25.2. The smallest absolute Gasteiger partial charge is 0.335 e. The number of carboxylic acid groups (broad SMARTS) is 1. The van der Waals surface area contributed by atoms with Crippen LogP contribution < -0.4 is 20.1 Å². The number of benzene rings is 3. The van der Waals surface area contributed by atoms with E-state index >= 15 is 0 Å². The topological polar surface area (TPSA) is 114 Å². The maximum atomic E-state index is 13.1. The summed E-state index contributed by atoms with van der Waals surface area (Å²) in [6, 6.07) is 19.4. The number of aromatic carboxylic acids is 1. The summed E-state index contributed by atoms with van der Waals surface area (Å²) in [6.07, 6.45) is 1.53. The van der Waals surface area contributed by atoms with Gasteiger partial charge < -0.3 is 25.2 Å². The summed E-state index contributed by atoms with van der Waals surface area (Å²) in [6.45, 7) is 4.62. The van der Waals surface area contributed by atoms with E-state index in [0.717, 1.165) is 0 Å². The average Bonchev–Trinajstić information content (AvgIpc) is 2.86. The van der Waals surface area contributed by atoms with E-state index in [1.165, 1.54) is 30.3 Å². The lowest BCUT2D eigenvalue weighted by Crippen LogP contribution is -2.30. The summed E-state index contributed by atoms with van der Waals surface area (Å²) < 4.78 is 11.2. The van der Waals surface area contributed by atoms with E-state index in [1.807, 2.05) is 13.8 Å². The first kappa shape index (κ1) is 25.0. The number of ether oxygens (including phenoxy) is 2. The van der Waals surface area contributed by atoms with Crippen LogP contribution in [0.25, 0.3) is 6.08 Å². The van der Waals surface area contributed by atoms with Crippen LogP contribution in [0.3, 0.4) is 0 Å². The zero-order valence-corrected chi connectivity index (χ0v) is 19.4. The highest BCUT2D eigenvalue weighted by atomic mass is 16.5. The first-order chi connectivity index (χ1) is 16.9. The van der Waals surface area contributed by atoms with Crippen molar-refractivity contribution in [1.29, 1.82) is 0 Å². The van der Waals surface area contributed by atoms with Gasteiger partial charge in [0.1, 0.15) is 5.70 Å². The lowest BCUT2D eigenvalue weighted by Gasteiger charge is -2.13. The third-order valence-electron chi connectivity index (χ3n) is 4.80. The summed E-state index contributed by atoms with van der Waals surface area (Å²) >= 11 is 0. The molecule has 3 N–H and O–H groups in total. The third kappa shape index (κ3) is 6.94. The fourth-order valence-electron chi connectivity index (χ4n) is 3.16. The number of hydrogen-bond donors (Lipinski definition) is 3. The molecule has 3 rings (SSSR count). The molecule has 0 bridgehead atoms. The van der Waals surface area contributed by atoms with Gasteiger partial charge in [0.15, 0.2) is 11.5 Å². The number of carbonyl (C=O) groups excluding carboxylic acids is 2. The number of amides is 2. The van der Waals surface area contributed by atoms with Crippen LogP contribution in [0.1, 0.15) is 40.1 Å². The highest BCUT2D eigenvalue weighted by molar-refractivity contribution is 6.10. The largest absolute Gasteiger partial charge is 0.490 e. The second-order valence-corrected chi connectivity index (χ2v) is 7.29. The molecule has 3 aromatic rings. The monoisotopic (exact) mass is 474 g/mol. The lowest BCUT2D eigenvalue weighted by molar-refractivity contribution is -0.113. The van der Waals surface area contributed by atoms with Crippen LogP contribution in [0.5, 0.6) is 11.5 Å². The molecular formula is C27H26N2O6. The molecule has 0 heterocycles. The van der Waals surface area contributed by atoms with Gasteiger partial charge in [0.25, 0.3) is 11.8 Å². The van der Waals surface area contributed by atoms with Gasteiger partial charge in [-0.3, -0.25) is 9.59 Å². The van der Waals surface area contributed by atoms with Gasteiger partial charge in [0.2, 0.25) is 0 Å². The van der Waals surface area contributed by atoms with E-state index in [-0.39, 0.29) is 11.3 Å². The highest BCUT2D eigenvalue weighted by Gasteiger charge is 2.16. The normalized spacial score (nSPS) is 10.9. The van der Waals surface area contributed by atoms with Gasteiger partial charge in [0, 0.05) is 11.3 Å². The Morgan fingerprint density at radius 1 is 0.829 bits per heavy atom. The minimum atomic E-state index is -1.07. The highest BCUT2D eigenvalue weighted by Crippen LogP contribution is 2.29. The fraction of sp³-hybridized carbons (Fsp3) is 0.148. The molecule has 35 heavy (non-hydrogen) atoms. The van der Waals surface area contributed by atoms with Crippen LogP contribution in [-0.2, 0) is 4.79 Å². The summed E-state index contributed by atoms with van der Waals surface area (Å²) in [5.41, 5.74) is 1.46. The molecule has 0 aliphatic rings. The molecule has 180 valence electrons. The minimum absolute atomic E-state index is 0.00669. The molecule has 0 atom stereocenters. The van der Waals surface area contributed by atoms with Crippen molar-refractivity contribution < 1.29 is 29.0 Å². The van der Waals surface area contributed by atoms with E-state index in [2.05, 4.69) is 10.6 Å².